The van der Waals surface area contributed by atoms with Gasteiger partial charge in [-0.2, -0.15) is 0 Å². The summed E-state index contributed by atoms with van der Waals surface area (Å²) in [7, 11) is 0. The van der Waals surface area contributed by atoms with Gasteiger partial charge in [-0.25, -0.2) is 13.6 Å². The van der Waals surface area contributed by atoms with E-state index >= 15 is 0 Å². The summed E-state index contributed by atoms with van der Waals surface area (Å²) in [6.07, 6.45) is 7.09. The Hall–Kier alpha value is -1.95. The van der Waals surface area contributed by atoms with Crippen LogP contribution in [0.4, 0.5) is 13.6 Å². The van der Waals surface area contributed by atoms with Crippen LogP contribution < -0.4 is 5.32 Å². The van der Waals surface area contributed by atoms with Crippen molar-refractivity contribution in [3.8, 4) is 0 Å². The maximum absolute atomic E-state index is 13.9. The van der Waals surface area contributed by atoms with Crippen molar-refractivity contribution >= 4 is 6.03 Å². The van der Waals surface area contributed by atoms with Crippen LogP contribution in [-0.4, -0.2) is 35.2 Å². The van der Waals surface area contributed by atoms with E-state index in [2.05, 4.69) is 17.5 Å². The lowest BCUT2D eigenvalue weighted by Gasteiger charge is -2.39. The second-order valence-electron chi connectivity index (χ2n) is 6.55. The van der Waals surface area contributed by atoms with Gasteiger partial charge in [0.2, 0.25) is 0 Å². The minimum absolute atomic E-state index is 0.114. The number of likely N-dealkylation sites (tertiary alicyclic amines) is 1. The Morgan fingerprint density at radius 1 is 1.21 bits per heavy atom. The predicted octanol–water partition coefficient (Wildman–Crippen LogP) is 3.07. The SMILES string of the molecule is O=C(N[C@@H]1CC=CCC1)N1CCC(O)(c2c(F)cccc2F)CC1. The van der Waals surface area contributed by atoms with E-state index in [1.165, 1.54) is 6.07 Å². The van der Waals surface area contributed by atoms with Crippen LogP contribution in [0.1, 0.15) is 37.7 Å². The van der Waals surface area contributed by atoms with Crippen molar-refractivity contribution in [2.24, 2.45) is 0 Å². The molecule has 0 radical (unpaired) electrons. The average molecular weight is 336 g/mol. The zero-order chi connectivity index (χ0) is 17.2. The number of nitrogens with zero attached hydrogens (tertiary/aromatic N) is 1. The fourth-order valence-corrected chi connectivity index (χ4v) is 3.46. The third kappa shape index (κ3) is 3.43. The standard InChI is InChI=1S/C18H22F2N2O2/c19-14-7-4-8-15(20)16(14)18(24)9-11-22(12-10-18)17(23)21-13-5-2-1-3-6-13/h1-2,4,7-8,13,24H,3,5-6,9-12H2,(H,21,23)/t13-/m1/s1. The molecule has 1 heterocycles. The summed E-state index contributed by atoms with van der Waals surface area (Å²) >= 11 is 0. The van der Waals surface area contributed by atoms with Crippen LogP contribution in [-0.2, 0) is 5.60 Å². The highest BCUT2D eigenvalue weighted by Crippen LogP contribution is 2.36. The molecule has 0 bridgehead atoms. The molecule has 1 aromatic carbocycles. The van der Waals surface area contributed by atoms with Gasteiger partial charge in [-0.3, -0.25) is 0 Å². The van der Waals surface area contributed by atoms with Crippen LogP contribution in [0.15, 0.2) is 30.4 Å². The number of hydrogen-bond donors (Lipinski definition) is 2. The van der Waals surface area contributed by atoms with Gasteiger partial charge in [0.25, 0.3) is 0 Å². The zero-order valence-corrected chi connectivity index (χ0v) is 13.5. The number of carbonyl (C=O) groups excluding carboxylic acids is 1. The average Bonchev–Trinajstić information content (AvgIpc) is 2.56. The highest BCUT2D eigenvalue weighted by Gasteiger charge is 2.39. The third-order valence-corrected chi connectivity index (χ3v) is 4.90. The predicted molar refractivity (Wildman–Crippen MR) is 86.4 cm³/mol. The van der Waals surface area contributed by atoms with E-state index < -0.39 is 17.2 Å². The quantitative estimate of drug-likeness (QED) is 0.816. The van der Waals surface area contributed by atoms with Gasteiger partial charge in [-0.15, -0.1) is 0 Å². The number of aliphatic hydroxyl groups is 1. The molecule has 6 heteroatoms. The highest BCUT2D eigenvalue weighted by atomic mass is 19.1. The van der Waals surface area contributed by atoms with Crippen molar-refractivity contribution in [3.05, 3.63) is 47.5 Å². The summed E-state index contributed by atoms with van der Waals surface area (Å²) in [5.74, 6) is -1.49. The summed E-state index contributed by atoms with van der Waals surface area (Å²) in [6.45, 7) is 0.525. The number of allylic oxidation sites excluding steroid dienone is 1. The fraction of sp³-hybridized carbons (Fsp3) is 0.500. The number of nitrogens with one attached hydrogen (secondary N) is 1. The molecule has 0 aromatic heterocycles. The van der Waals surface area contributed by atoms with Crippen molar-refractivity contribution in [1.29, 1.82) is 0 Å². The van der Waals surface area contributed by atoms with Crippen LogP contribution in [0.25, 0.3) is 0 Å². The van der Waals surface area contributed by atoms with Crippen LogP contribution in [0.5, 0.6) is 0 Å². The molecule has 1 saturated heterocycles. The molecule has 2 amide bonds. The van der Waals surface area contributed by atoms with Gasteiger partial charge in [0, 0.05) is 19.1 Å². The molecule has 130 valence electrons. The maximum atomic E-state index is 13.9. The van der Waals surface area contributed by atoms with Crippen molar-refractivity contribution in [1.82, 2.24) is 10.2 Å². The first-order chi connectivity index (χ1) is 11.5. The van der Waals surface area contributed by atoms with Crippen molar-refractivity contribution in [3.63, 3.8) is 0 Å². The Labute approximate surface area is 140 Å². The van der Waals surface area contributed by atoms with Crippen LogP contribution in [0.2, 0.25) is 0 Å². The van der Waals surface area contributed by atoms with Gasteiger partial charge in [0.1, 0.15) is 11.6 Å². The summed E-state index contributed by atoms with van der Waals surface area (Å²) in [5.41, 5.74) is -1.86. The van der Waals surface area contributed by atoms with Gasteiger partial charge in [-0.1, -0.05) is 18.2 Å². The van der Waals surface area contributed by atoms with Crippen LogP contribution in [0, 0.1) is 11.6 Å². The number of amides is 2. The van der Waals surface area contributed by atoms with E-state index in [9.17, 15) is 18.7 Å². The highest BCUT2D eigenvalue weighted by molar-refractivity contribution is 5.74. The normalized spacial score (nSPS) is 23.1. The minimum Gasteiger partial charge on any atom is -0.385 e. The largest absolute Gasteiger partial charge is 0.385 e. The Balaban J connectivity index is 1.62. The monoisotopic (exact) mass is 336 g/mol. The number of rotatable bonds is 2. The molecular formula is C18H22F2N2O2. The van der Waals surface area contributed by atoms with Gasteiger partial charge in [0.15, 0.2) is 0 Å². The smallest absolute Gasteiger partial charge is 0.317 e. The van der Waals surface area contributed by atoms with Crippen molar-refractivity contribution < 1.29 is 18.7 Å². The third-order valence-electron chi connectivity index (χ3n) is 4.90. The number of carbonyl (C=O) groups is 1. The number of urea groups is 1. The van der Waals surface area contributed by atoms with E-state index in [0.29, 0.717) is 0 Å². The number of benzene rings is 1. The summed E-state index contributed by atoms with van der Waals surface area (Å²) in [4.78, 5) is 13.9. The second kappa shape index (κ2) is 6.89. The van der Waals surface area contributed by atoms with E-state index in [1.54, 1.807) is 4.90 Å². The topological polar surface area (TPSA) is 52.6 Å². The maximum Gasteiger partial charge on any atom is 0.317 e. The first-order valence-corrected chi connectivity index (χ1v) is 8.37. The summed E-state index contributed by atoms with van der Waals surface area (Å²) in [5, 5.41) is 13.7. The summed E-state index contributed by atoms with van der Waals surface area (Å²) in [6, 6.07) is 3.52. The lowest BCUT2D eigenvalue weighted by molar-refractivity contribution is -0.0225. The van der Waals surface area contributed by atoms with Crippen LogP contribution in [0.3, 0.4) is 0 Å². The lowest BCUT2D eigenvalue weighted by atomic mass is 9.84. The molecule has 1 aliphatic heterocycles. The molecule has 3 rings (SSSR count). The first kappa shape index (κ1) is 16.9. The van der Waals surface area contributed by atoms with Gasteiger partial charge in [-0.05, 0) is 44.2 Å². The molecule has 2 aliphatic rings. The summed E-state index contributed by atoms with van der Waals surface area (Å²) < 4.78 is 27.9. The molecule has 4 nitrogen and oxygen atoms in total. The molecule has 24 heavy (non-hydrogen) atoms. The van der Waals surface area contributed by atoms with E-state index in [-0.39, 0.29) is 43.6 Å². The molecule has 0 saturated carbocycles. The van der Waals surface area contributed by atoms with E-state index in [0.717, 1.165) is 31.4 Å². The molecule has 1 aromatic rings. The van der Waals surface area contributed by atoms with Gasteiger partial charge in [0.05, 0.1) is 11.2 Å². The van der Waals surface area contributed by atoms with Crippen LogP contribution >= 0.6 is 0 Å². The molecular weight excluding hydrogens is 314 g/mol. The Morgan fingerprint density at radius 3 is 2.46 bits per heavy atom. The number of piperidine rings is 1. The van der Waals surface area contributed by atoms with E-state index in [1.807, 2.05) is 0 Å². The van der Waals surface area contributed by atoms with Gasteiger partial charge >= 0.3 is 6.03 Å². The number of hydrogen-bond acceptors (Lipinski definition) is 2. The van der Waals surface area contributed by atoms with Crippen molar-refractivity contribution in [2.45, 2.75) is 43.7 Å². The zero-order valence-electron chi connectivity index (χ0n) is 13.5. The van der Waals surface area contributed by atoms with Gasteiger partial charge < -0.3 is 15.3 Å². The van der Waals surface area contributed by atoms with Crippen molar-refractivity contribution in [2.75, 3.05) is 13.1 Å². The Kier molecular flexibility index (Phi) is 4.85. The number of halogens is 2. The molecule has 0 unspecified atom stereocenters. The fourth-order valence-electron chi connectivity index (χ4n) is 3.46. The van der Waals surface area contributed by atoms with E-state index in [4.69, 9.17) is 0 Å². The Bertz CT molecular complexity index is 620. The molecule has 1 fully saturated rings. The second-order valence-corrected chi connectivity index (χ2v) is 6.55. The first-order valence-electron chi connectivity index (χ1n) is 8.37. The molecule has 2 N–H and O–H groups in total. The molecule has 0 spiro atoms. The molecule has 1 aliphatic carbocycles. The molecule has 1 atom stereocenters. The Morgan fingerprint density at radius 2 is 1.88 bits per heavy atom. The minimum atomic E-state index is -1.57. The lowest BCUT2D eigenvalue weighted by Crippen LogP contribution is -2.51.